The van der Waals surface area contributed by atoms with Gasteiger partial charge in [-0.15, -0.1) is 0 Å². The monoisotopic (exact) mass is 439 g/mol. The zero-order valence-corrected chi connectivity index (χ0v) is 18.2. The highest BCUT2D eigenvalue weighted by atomic mass is 32.1. The first-order valence-electron chi connectivity index (χ1n) is 9.79. The molecule has 0 aliphatic heterocycles. The molecule has 2 heterocycles. The molecule has 8 nitrogen and oxygen atoms in total. The van der Waals surface area contributed by atoms with Gasteiger partial charge < -0.3 is 13.7 Å². The molecule has 160 valence electrons. The number of carbonyl (C=O) groups excluding carboxylic acids is 2. The van der Waals surface area contributed by atoms with Crippen LogP contribution in [-0.2, 0) is 27.4 Å². The fourth-order valence-electron chi connectivity index (χ4n) is 3.53. The average molecular weight is 439 g/mol. The Morgan fingerprint density at radius 2 is 1.87 bits per heavy atom. The summed E-state index contributed by atoms with van der Waals surface area (Å²) < 4.78 is 14.1. The molecule has 0 unspecified atom stereocenters. The highest BCUT2D eigenvalue weighted by Gasteiger charge is 2.16. The largest absolute Gasteiger partial charge is 0.465 e. The van der Waals surface area contributed by atoms with Gasteiger partial charge in [-0.3, -0.25) is 14.2 Å². The summed E-state index contributed by atoms with van der Waals surface area (Å²) in [6.07, 6.45) is 0. The number of aryl methyl sites for hydroxylation is 2. The first-order chi connectivity index (χ1) is 14.9. The van der Waals surface area contributed by atoms with E-state index < -0.39 is 17.6 Å². The van der Waals surface area contributed by atoms with Crippen LogP contribution >= 0.6 is 11.3 Å². The lowest BCUT2D eigenvalue weighted by Crippen LogP contribution is -2.25. The van der Waals surface area contributed by atoms with Gasteiger partial charge in [0.2, 0.25) is 0 Å². The van der Waals surface area contributed by atoms with E-state index in [1.807, 2.05) is 26.0 Å². The lowest BCUT2D eigenvalue weighted by Gasteiger charge is -2.06. The molecule has 0 atom stereocenters. The van der Waals surface area contributed by atoms with Crippen molar-refractivity contribution in [2.75, 3.05) is 6.61 Å². The summed E-state index contributed by atoms with van der Waals surface area (Å²) in [4.78, 5) is 41.8. The molecule has 1 amide bonds. The van der Waals surface area contributed by atoms with Crippen molar-refractivity contribution < 1.29 is 18.7 Å². The molecule has 2 aromatic carbocycles. The third-order valence-corrected chi connectivity index (χ3v) is 6.02. The quantitative estimate of drug-likeness (QED) is 0.446. The number of fused-ring (bicyclic) bond motifs is 2. The maximum atomic E-state index is 12.8. The number of benzene rings is 2. The number of oxazole rings is 1. The number of ether oxygens (including phenoxy) is 1. The summed E-state index contributed by atoms with van der Waals surface area (Å²) in [7, 11) is 0. The Labute approximate surface area is 181 Å². The summed E-state index contributed by atoms with van der Waals surface area (Å²) in [5, 5.41) is 0. The summed E-state index contributed by atoms with van der Waals surface area (Å²) in [6.45, 7) is 5.63. The van der Waals surface area contributed by atoms with Crippen LogP contribution in [0, 0.1) is 13.8 Å². The molecule has 0 fully saturated rings. The Balaban J connectivity index is 1.79. The standard InChI is InChI=1S/C22H21N3O5S/c1-4-29-19(27)12-24-16-10-13(2)9-14(3)20(16)31-21(24)23-18(26)11-25-15-7-5-6-8-17(15)30-22(25)28/h5-10H,4,11-12H2,1-3H3. The smallest absolute Gasteiger partial charge is 0.420 e. The van der Waals surface area contributed by atoms with Crippen LogP contribution in [0.3, 0.4) is 0 Å². The fraction of sp³-hybridized carbons (Fsp3) is 0.273. The van der Waals surface area contributed by atoms with Gasteiger partial charge in [0.25, 0.3) is 5.91 Å². The number of amides is 1. The van der Waals surface area contributed by atoms with Gasteiger partial charge in [0, 0.05) is 0 Å². The van der Waals surface area contributed by atoms with E-state index >= 15 is 0 Å². The third kappa shape index (κ3) is 4.09. The zero-order chi connectivity index (χ0) is 22.1. The van der Waals surface area contributed by atoms with Gasteiger partial charge in [-0.05, 0) is 50.1 Å². The molecule has 0 aliphatic carbocycles. The van der Waals surface area contributed by atoms with E-state index in [1.54, 1.807) is 35.8 Å². The third-order valence-electron chi connectivity index (χ3n) is 4.79. The van der Waals surface area contributed by atoms with Crippen LogP contribution in [0.25, 0.3) is 21.3 Å². The van der Waals surface area contributed by atoms with Gasteiger partial charge in [-0.2, -0.15) is 4.99 Å². The Hall–Kier alpha value is -3.46. The number of carbonyl (C=O) groups is 2. The zero-order valence-electron chi connectivity index (χ0n) is 17.4. The van der Waals surface area contributed by atoms with Crippen LogP contribution in [-0.4, -0.2) is 27.6 Å². The lowest BCUT2D eigenvalue weighted by atomic mass is 10.1. The first kappa shape index (κ1) is 20.8. The molecule has 0 N–H and O–H groups in total. The topological polar surface area (TPSA) is 95.8 Å². The molecule has 4 aromatic rings. The van der Waals surface area contributed by atoms with Crippen molar-refractivity contribution >= 4 is 44.5 Å². The summed E-state index contributed by atoms with van der Waals surface area (Å²) in [6, 6.07) is 10.9. The summed E-state index contributed by atoms with van der Waals surface area (Å²) in [5.41, 5.74) is 3.81. The predicted molar refractivity (Wildman–Crippen MR) is 117 cm³/mol. The van der Waals surface area contributed by atoms with Crippen LogP contribution in [0.15, 0.2) is 50.6 Å². The second-order valence-corrected chi connectivity index (χ2v) is 8.11. The van der Waals surface area contributed by atoms with Gasteiger partial charge in [-0.25, -0.2) is 4.79 Å². The Bertz CT molecular complexity index is 1440. The van der Waals surface area contributed by atoms with E-state index in [1.165, 1.54) is 15.9 Å². The van der Waals surface area contributed by atoms with Crippen molar-refractivity contribution in [1.82, 2.24) is 9.13 Å². The molecular formula is C22H21N3O5S. The fourth-order valence-corrected chi connectivity index (χ4v) is 4.62. The van der Waals surface area contributed by atoms with E-state index in [4.69, 9.17) is 9.15 Å². The molecule has 2 aromatic heterocycles. The highest BCUT2D eigenvalue weighted by Crippen LogP contribution is 2.23. The van der Waals surface area contributed by atoms with Gasteiger partial charge >= 0.3 is 11.7 Å². The minimum absolute atomic E-state index is 0.0581. The van der Waals surface area contributed by atoms with Crippen LogP contribution in [0.2, 0.25) is 0 Å². The van der Waals surface area contributed by atoms with Crippen LogP contribution in [0.1, 0.15) is 18.1 Å². The number of rotatable bonds is 5. The Morgan fingerprint density at radius 3 is 2.65 bits per heavy atom. The van der Waals surface area contributed by atoms with E-state index in [2.05, 4.69) is 4.99 Å². The van der Waals surface area contributed by atoms with Crippen LogP contribution in [0.4, 0.5) is 0 Å². The van der Waals surface area contributed by atoms with Crippen LogP contribution in [0.5, 0.6) is 0 Å². The number of aromatic nitrogens is 2. The summed E-state index contributed by atoms with van der Waals surface area (Å²) >= 11 is 1.32. The second-order valence-electron chi connectivity index (χ2n) is 7.13. The van der Waals surface area contributed by atoms with Crippen molar-refractivity contribution in [2.45, 2.75) is 33.9 Å². The van der Waals surface area contributed by atoms with Crippen molar-refractivity contribution in [3.05, 3.63) is 62.9 Å². The molecular weight excluding hydrogens is 418 g/mol. The van der Waals surface area contributed by atoms with Crippen LogP contribution < -0.4 is 10.6 Å². The Morgan fingerprint density at radius 1 is 1.10 bits per heavy atom. The minimum atomic E-state index is -0.619. The number of para-hydroxylation sites is 2. The molecule has 0 saturated heterocycles. The molecule has 31 heavy (non-hydrogen) atoms. The van der Waals surface area contributed by atoms with E-state index in [0.717, 1.165) is 21.3 Å². The molecule has 0 spiro atoms. The minimum Gasteiger partial charge on any atom is -0.465 e. The molecule has 0 saturated carbocycles. The lowest BCUT2D eigenvalue weighted by molar-refractivity contribution is -0.143. The number of esters is 1. The maximum absolute atomic E-state index is 12.8. The van der Waals surface area contributed by atoms with Crippen molar-refractivity contribution in [2.24, 2.45) is 4.99 Å². The number of hydrogen-bond donors (Lipinski definition) is 0. The van der Waals surface area contributed by atoms with E-state index in [0.29, 0.717) is 15.9 Å². The molecule has 0 aliphatic rings. The van der Waals surface area contributed by atoms with E-state index in [9.17, 15) is 14.4 Å². The maximum Gasteiger partial charge on any atom is 0.420 e. The van der Waals surface area contributed by atoms with Crippen molar-refractivity contribution in [1.29, 1.82) is 0 Å². The molecule has 9 heteroatoms. The first-order valence-corrected chi connectivity index (χ1v) is 10.6. The van der Waals surface area contributed by atoms with E-state index in [-0.39, 0.29) is 19.7 Å². The van der Waals surface area contributed by atoms with Gasteiger partial charge in [0.1, 0.15) is 13.1 Å². The average Bonchev–Trinajstić information content (AvgIpc) is 3.20. The second kappa shape index (κ2) is 8.35. The Kier molecular flexibility index (Phi) is 5.60. The summed E-state index contributed by atoms with van der Waals surface area (Å²) in [5.74, 6) is -1.55. The van der Waals surface area contributed by atoms with Gasteiger partial charge in [0.05, 0.1) is 22.3 Å². The SMILES string of the molecule is CCOC(=O)Cn1c(=NC(=O)Cn2c(=O)oc3ccccc32)sc2c(C)cc(C)cc21. The normalized spacial score (nSPS) is 12.0. The van der Waals surface area contributed by atoms with Crippen molar-refractivity contribution in [3.63, 3.8) is 0 Å². The molecule has 0 radical (unpaired) electrons. The number of thiazole rings is 1. The van der Waals surface area contributed by atoms with Crippen molar-refractivity contribution in [3.8, 4) is 0 Å². The molecule has 0 bridgehead atoms. The van der Waals surface area contributed by atoms with Gasteiger partial charge in [-0.1, -0.05) is 29.5 Å². The number of nitrogens with zero attached hydrogens (tertiary/aromatic N) is 3. The predicted octanol–water partition coefficient (Wildman–Crippen LogP) is 2.92. The number of hydrogen-bond acceptors (Lipinski definition) is 6. The molecule has 4 rings (SSSR count). The highest BCUT2D eigenvalue weighted by molar-refractivity contribution is 7.16. The van der Waals surface area contributed by atoms with Gasteiger partial charge in [0.15, 0.2) is 10.4 Å².